The molecule has 0 radical (unpaired) electrons. The fraction of sp³-hybridized carbons (Fsp3) is 0.450. The monoisotopic (exact) mass is 447 g/mol. The molecule has 1 saturated heterocycles. The van der Waals surface area contributed by atoms with Gasteiger partial charge in [-0.25, -0.2) is 9.78 Å². The van der Waals surface area contributed by atoms with E-state index in [0.717, 1.165) is 22.7 Å². The molecule has 0 bridgehead atoms. The molecule has 0 saturated carbocycles. The van der Waals surface area contributed by atoms with Gasteiger partial charge in [0, 0.05) is 28.4 Å². The highest BCUT2D eigenvalue weighted by Gasteiger charge is 2.43. The predicted molar refractivity (Wildman–Crippen MR) is 110 cm³/mol. The van der Waals surface area contributed by atoms with Crippen molar-refractivity contribution in [3.63, 3.8) is 0 Å². The highest BCUT2D eigenvalue weighted by molar-refractivity contribution is 9.10. The first-order valence-electron chi connectivity index (χ1n) is 9.28. The molecule has 4 rings (SSSR count). The van der Waals surface area contributed by atoms with E-state index in [1.54, 1.807) is 6.07 Å². The van der Waals surface area contributed by atoms with Gasteiger partial charge in [0.05, 0.1) is 0 Å². The van der Waals surface area contributed by atoms with Crippen LogP contribution in [0.5, 0.6) is 0 Å². The van der Waals surface area contributed by atoms with Crippen molar-refractivity contribution in [2.45, 2.75) is 45.6 Å². The number of fused-ring (bicyclic) bond motifs is 3. The van der Waals surface area contributed by atoms with E-state index in [1.165, 1.54) is 4.90 Å². The zero-order valence-corrected chi connectivity index (χ0v) is 17.5. The predicted octanol–water partition coefficient (Wildman–Crippen LogP) is 4.70. The van der Waals surface area contributed by atoms with Crippen molar-refractivity contribution in [2.75, 3.05) is 6.54 Å². The van der Waals surface area contributed by atoms with Crippen molar-refractivity contribution in [2.24, 2.45) is 5.41 Å². The van der Waals surface area contributed by atoms with E-state index in [2.05, 4.69) is 20.9 Å². The van der Waals surface area contributed by atoms with Crippen LogP contribution in [0.2, 0.25) is 0 Å². The van der Waals surface area contributed by atoms with Crippen molar-refractivity contribution in [3.05, 3.63) is 38.9 Å². The molecule has 1 aromatic carbocycles. The minimum atomic E-state index is -0.939. The first-order valence-corrected chi connectivity index (χ1v) is 10.1. The number of benzene rings is 1. The Labute approximate surface area is 169 Å². The molecule has 8 heteroatoms. The summed E-state index contributed by atoms with van der Waals surface area (Å²) in [4.78, 5) is 33.7. The molecule has 3 heterocycles. The van der Waals surface area contributed by atoms with Crippen LogP contribution in [-0.4, -0.2) is 38.7 Å². The summed E-state index contributed by atoms with van der Waals surface area (Å²) in [5, 5.41) is 10.5. The van der Waals surface area contributed by atoms with Crippen molar-refractivity contribution >= 4 is 44.1 Å². The summed E-state index contributed by atoms with van der Waals surface area (Å²) in [7, 11) is 0. The number of aromatic nitrogens is 2. The number of carbonyl (C=O) groups is 1. The second kappa shape index (κ2) is 6.62. The Hall–Kier alpha value is -2.35. The van der Waals surface area contributed by atoms with Crippen molar-refractivity contribution in [1.29, 1.82) is 0 Å². The summed E-state index contributed by atoms with van der Waals surface area (Å²) >= 11 is 3.45. The van der Waals surface area contributed by atoms with E-state index in [4.69, 9.17) is 9.40 Å². The summed E-state index contributed by atoms with van der Waals surface area (Å²) in [6.45, 7) is 6.55. The van der Waals surface area contributed by atoms with Gasteiger partial charge in [-0.15, -0.1) is 0 Å². The summed E-state index contributed by atoms with van der Waals surface area (Å²) in [5.41, 5.74) is 0.646. The average Bonchev–Trinajstić information content (AvgIpc) is 2.99. The molecule has 1 aliphatic rings. The molecule has 1 amide bonds. The van der Waals surface area contributed by atoms with Crippen LogP contribution in [0, 0.1) is 5.41 Å². The number of piperidine rings is 1. The Balaban J connectivity index is 1.91. The molecule has 2 unspecified atom stereocenters. The number of hydrogen-bond acceptors (Lipinski definition) is 4. The summed E-state index contributed by atoms with van der Waals surface area (Å²) in [6, 6.07) is 5.24. The molecule has 0 aliphatic carbocycles. The minimum absolute atomic E-state index is 0.190. The molecular formula is C20H22BrN3O4. The lowest BCUT2D eigenvalue weighted by molar-refractivity contribution is 0.0438. The number of H-pyrrole nitrogens is 1. The average molecular weight is 448 g/mol. The van der Waals surface area contributed by atoms with Gasteiger partial charge in [0.1, 0.15) is 16.9 Å². The van der Waals surface area contributed by atoms with Crippen molar-refractivity contribution < 1.29 is 14.3 Å². The number of carboxylic acid groups (broad SMARTS) is 1. The van der Waals surface area contributed by atoms with Crippen LogP contribution in [0.15, 0.2) is 31.9 Å². The van der Waals surface area contributed by atoms with E-state index >= 15 is 0 Å². The lowest BCUT2D eigenvalue weighted by Gasteiger charge is -2.46. The van der Waals surface area contributed by atoms with Gasteiger partial charge in [0.2, 0.25) is 5.58 Å². The molecule has 3 aromatic rings. The molecular weight excluding hydrogens is 426 g/mol. The quantitative estimate of drug-likeness (QED) is 0.562. The zero-order chi connectivity index (χ0) is 20.2. The third-order valence-corrected chi connectivity index (χ3v) is 5.91. The molecule has 2 aromatic heterocycles. The molecule has 0 spiro atoms. The first kappa shape index (κ1) is 19.0. The number of nitrogens with zero attached hydrogens (tertiary/aromatic N) is 2. The van der Waals surface area contributed by atoms with Crippen LogP contribution in [0.1, 0.15) is 45.4 Å². The van der Waals surface area contributed by atoms with Crippen molar-refractivity contribution in [3.8, 4) is 0 Å². The number of nitrogens with one attached hydrogen (secondary N) is 1. The number of amides is 1. The number of likely N-dealkylation sites (tertiary alicyclic amines) is 1. The molecule has 2 N–H and O–H groups in total. The lowest BCUT2D eigenvalue weighted by Crippen LogP contribution is -2.53. The molecule has 148 valence electrons. The Kier molecular flexibility index (Phi) is 4.49. The maximum atomic E-state index is 12.7. The maximum Gasteiger partial charge on any atom is 0.407 e. The molecule has 7 nitrogen and oxygen atoms in total. The topological polar surface area (TPSA) is 99.4 Å². The van der Waals surface area contributed by atoms with E-state index < -0.39 is 6.09 Å². The minimum Gasteiger partial charge on any atom is -0.465 e. The van der Waals surface area contributed by atoms with Gasteiger partial charge in [-0.2, -0.15) is 0 Å². The van der Waals surface area contributed by atoms with Crippen LogP contribution in [-0.2, 0) is 0 Å². The third kappa shape index (κ3) is 3.09. The van der Waals surface area contributed by atoms with Gasteiger partial charge >= 0.3 is 6.09 Å². The number of furan rings is 1. The largest absolute Gasteiger partial charge is 0.465 e. The highest BCUT2D eigenvalue weighted by Crippen LogP contribution is 2.41. The molecule has 2 atom stereocenters. The lowest BCUT2D eigenvalue weighted by atomic mass is 9.73. The fourth-order valence-corrected chi connectivity index (χ4v) is 4.75. The Morgan fingerprint density at radius 3 is 2.82 bits per heavy atom. The number of aromatic amines is 1. The Bertz CT molecular complexity index is 1130. The van der Waals surface area contributed by atoms with Crippen molar-refractivity contribution in [1.82, 2.24) is 14.9 Å². The van der Waals surface area contributed by atoms with E-state index in [-0.39, 0.29) is 28.5 Å². The highest BCUT2D eigenvalue weighted by atomic mass is 79.9. The first-order chi connectivity index (χ1) is 13.2. The van der Waals surface area contributed by atoms with Gasteiger partial charge in [-0.1, -0.05) is 36.7 Å². The number of halogens is 1. The Morgan fingerprint density at radius 2 is 2.14 bits per heavy atom. The summed E-state index contributed by atoms with van der Waals surface area (Å²) in [5.74, 6) is 0.324. The Morgan fingerprint density at radius 1 is 1.39 bits per heavy atom. The summed E-state index contributed by atoms with van der Waals surface area (Å²) in [6.07, 6.45) is 0.550. The number of hydrogen-bond donors (Lipinski definition) is 2. The second-order valence-corrected chi connectivity index (χ2v) is 9.32. The standard InChI is InChI=1S/C20H22BrN3O4/c1-20(2,3)16-11(5-4-8-24(16)19(26)27)17-22-14-12-9-10(21)6-7-13(12)28-15(14)18(25)23-17/h6-7,9,11,16H,4-5,8H2,1-3H3,(H,26,27)(H,22,23,25). The van der Waals surface area contributed by atoms with E-state index in [0.29, 0.717) is 23.5 Å². The van der Waals surface area contributed by atoms with Crippen LogP contribution in [0.3, 0.4) is 0 Å². The van der Waals surface area contributed by atoms with Crippen LogP contribution in [0.4, 0.5) is 4.79 Å². The van der Waals surface area contributed by atoms with Gasteiger partial charge < -0.3 is 19.4 Å². The molecule has 1 aliphatic heterocycles. The summed E-state index contributed by atoms with van der Waals surface area (Å²) < 4.78 is 6.57. The SMILES string of the molecule is CC(C)(C)C1C(c2nc3c(oc4ccc(Br)cc43)c(=O)[nH]2)CCCN1C(=O)O. The van der Waals surface area contributed by atoms with E-state index in [9.17, 15) is 14.7 Å². The zero-order valence-electron chi connectivity index (χ0n) is 16.0. The molecule has 1 fully saturated rings. The van der Waals surface area contributed by atoms with Gasteiger partial charge in [-0.05, 0) is 36.5 Å². The second-order valence-electron chi connectivity index (χ2n) is 8.41. The molecule has 28 heavy (non-hydrogen) atoms. The smallest absolute Gasteiger partial charge is 0.407 e. The fourth-order valence-electron chi connectivity index (χ4n) is 4.39. The van der Waals surface area contributed by atoms with Gasteiger partial charge in [0.25, 0.3) is 5.56 Å². The normalized spacial score (nSPS) is 20.8. The van der Waals surface area contributed by atoms with Crippen LogP contribution in [0.25, 0.3) is 22.1 Å². The number of rotatable bonds is 1. The third-order valence-electron chi connectivity index (χ3n) is 5.42. The van der Waals surface area contributed by atoms with Gasteiger partial charge in [0.15, 0.2) is 0 Å². The maximum absolute atomic E-state index is 12.7. The van der Waals surface area contributed by atoms with Crippen LogP contribution >= 0.6 is 15.9 Å². The van der Waals surface area contributed by atoms with Gasteiger partial charge in [-0.3, -0.25) is 4.79 Å². The van der Waals surface area contributed by atoms with Crippen LogP contribution < -0.4 is 5.56 Å². The van der Waals surface area contributed by atoms with E-state index in [1.807, 2.05) is 32.9 Å².